The van der Waals surface area contributed by atoms with Crippen LogP contribution in [0.25, 0.3) is 0 Å². The molecule has 3 aromatic rings. The zero-order chi connectivity index (χ0) is 21.6. The fourth-order valence-corrected chi connectivity index (χ4v) is 3.66. The monoisotopic (exact) mass is 456 g/mol. The van der Waals surface area contributed by atoms with E-state index in [0.717, 1.165) is 36.7 Å². The van der Waals surface area contributed by atoms with Crippen molar-refractivity contribution in [3.8, 4) is 11.5 Å². The number of amides is 2. The van der Waals surface area contributed by atoms with Crippen LogP contribution in [0.5, 0.6) is 11.5 Å². The highest BCUT2D eigenvalue weighted by atomic mass is 35.5. The highest BCUT2D eigenvalue weighted by molar-refractivity contribution is 6.33. The maximum atomic E-state index is 12.5. The van der Waals surface area contributed by atoms with Crippen LogP contribution in [0.3, 0.4) is 0 Å². The Morgan fingerprint density at radius 2 is 1.77 bits per heavy atom. The fourth-order valence-electron chi connectivity index (χ4n) is 3.38. The first-order valence-corrected chi connectivity index (χ1v) is 10.7. The molecule has 4 rings (SSSR count). The van der Waals surface area contributed by atoms with Gasteiger partial charge in [0.1, 0.15) is 11.5 Å². The SMILES string of the molecule is O=C(Nc1cnccc1Cl)N1CCN(Cc2cccc(Oc3ccc(Cl)cc3)c2)CC1. The molecule has 1 aliphatic heterocycles. The van der Waals surface area contributed by atoms with Crippen LogP contribution >= 0.6 is 23.2 Å². The van der Waals surface area contributed by atoms with Gasteiger partial charge in [0, 0.05) is 43.9 Å². The van der Waals surface area contributed by atoms with Crippen molar-refractivity contribution in [2.75, 3.05) is 31.5 Å². The zero-order valence-electron chi connectivity index (χ0n) is 16.8. The van der Waals surface area contributed by atoms with Gasteiger partial charge in [0.2, 0.25) is 0 Å². The summed E-state index contributed by atoms with van der Waals surface area (Å²) in [5.41, 5.74) is 1.68. The number of hydrogen-bond acceptors (Lipinski definition) is 4. The van der Waals surface area contributed by atoms with Crippen LogP contribution in [-0.2, 0) is 6.54 Å². The quantitative estimate of drug-likeness (QED) is 0.548. The van der Waals surface area contributed by atoms with Crippen LogP contribution in [-0.4, -0.2) is 47.0 Å². The molecule has 2 aromatic carbocycles. The van der Waals surface area contributed by atoms with Crippen molar-refractivity contribution in [3.63, 3.8) is 0 Å². The van der Waals surface area contributed by atoms with E-state index in [1.54, 1.807) is 35.5 Å². The molecule has 1 saturated heterocycles. The molecule has 6 nitrogen and oxygen atoms in total. The summed E-state index contributed by atoms with van der Waals surface area (Å²) < 4.78 is 5.92. The molecule has 2 heterocycles. The van der Waals surface area contributed by atoms with Crippen molar-refractivity contribution in [1.29, 1.82) is 0 Å². The number of aromatic nitrogens is 1. The summed E-state index contributed by atoms with van der Waals surface area (Å²) in [6.07, 6.45) is 3.14. The molecule has 160 valence electrons. The van der Waals surface area contributed by atoms with Crippen molar-refractivity contribution < 1.29 is 9.53 Å². The van der Waals surface area contributed by atoms with Crippen LogP contribution in [0.4, 0.5) is 10.5 Å². The Morgan fingerprint density at radius 1 is 1.00 bits per heavy atom. The number of nitrogens with one attached hydrogen (secondary N) is 1. The van der Waals surface area contributed by atoms with Gasteiger partial charge >= 0.3 is 6.03 Å². The summed E-state index contributed by atoms with van der Waals surface area (Å²) in [4.78, 5) is 20.6. The Hall–Kier alpha value is -2.80. The molecule has 0 bridgehead atoms. The maximum Gasteiger partial charge on any atom is 0.322 e. The summed E-state index contributed by atoms with van der Waals surface area (Å²) >= 11 is 12.0. The van der Waals surface area contributed by atoms with Crippen molar-refractivity contribution in [2.45, 2.75) is 6.54 Å². The van der Waals surface area contributed by atoms with Gasteiger partial charge in [-0.1, -0.05) is 35.3 Å². The van der Waals surface area contributed by atoms with E-state index >= 15 is 0 Å². The normalized spacial score (nSPS) is 14.3. The molecule has 0 unspecified atom stereocenters. The number of anilines is 1. The Balaban J connectivity index is 1.29. The number of piperazine rings is 1. The summed E-state index contributed by atoms with van der Waals surface area (Å²) in [5.74, 6) is 1.53. The zero-order valence-corrected chi connectivity index (χ0v) is 18.3. The van der Waals surface area contributed by atoms with E-state index in [1.165, 1.54) is 0 Å². The van der Waals surface area contributed by atoms with Gasteiger partial charge in [0.25, 0.3) is 0 Å². The number of benzene rings is 2. The third kappa shape index (κ3) is 5.88. The number of halogens is 2. The lowest BCUT2D eigenvalue weighted by Crippen LogP contribution is -2.49. The summed E-state index contributed by atoms with van der Waals surface area (Å²) in [5, 5.41) is 3.98. The van der Waals surface area contributed by atoms with E-state index in [1.807, 2.05) is 30.3 Å². The fraction of sp³-hybridized carbons (Fsp3) is 0.217. The number of pyridine rings is 1. The molecule has 1 N–H and O–H groups in total. The highest BCUT2D eigenvalue weighted by Gasteiger charge is 2.21. The van der Waals surface area contributed by atoms with E-state index in [0.29, 0.717) is 28.8 Å². The number of hydrogen-bond donors (Lipinski definition) is 1. The lowest BCUT2D eigenvalue weighted by molar-refractivity contribution is 0.143. The summed E-state index contributed by atoms with van der Waals surface area (Å²) in [6, 6.07) is 16.8. The Bertz CT molecular complexity index is 1040. The second-order valence-corrected chi connectivity index (χ2v) is 8.10. The number of carbonyl (C=O) groups is 1. The average molecular weight is 457 g/mol. The minimum absolute atomic E-state index is 0.159. The number of ether oxygens (including phenoxy) is 1. The maximum absolute atomic E-state index is 12.5. The van der Waals surface area contributed by atoms with Crippen molar-refractivity contribution >= 4 is 34.9 Å². The third-order valence-electron chi connectivity index (χ3n) is 5.02. The van der Waals surface area contributed by atoms with Crippen molar-refractivity contribution in [2.24, 2.45) is 0 Å². The second kappa shape index (κ2) is 10.0. The second-order valence-electron chi connectivity index (χ2n) is 7.25. The molecular formula is C23H22Cl2N4O2. The standard InChI is InChI=1S/C23H22Cl2N4O2/c24-18-4-6-19(7-5-18)31-20-3-1-2-17(14-20)16-28-10-12-29(13-11-28)23(30)27-22-15-26-9-8-21(22)25/h1-9,14-15H,10-13,16H2,(H,27,30). The summed E-state index contributed by atoms with van der Waals surface area (Å²) in [7, 11) is 0. The Kier molecular flexibility index (Phi) is 6.92. The van der Waals surface area contributed by atoms with Gasteiger partial charge in [-0.15, -0.1) is 0 Å². The van der Waals surface area contributed by atoms with Gasteiger partial charge in [-0.25, -0.2) is 4.79 Å². The number of urea groups is 1. The van der Waals surface area contributed by atoms with Gasteiger partial charge < -0.3 is 15.0 Å². The molecular weight excluding hydrogens is 435 g/mol. The average Bonchev–Trinajstić information content (AvgIpc) is 2.78. The largest absolute Gasteiger partial charge is 0.457 e. The van der Waals surface area contributed by atoms with Crippen molar-refractivity contribution in [3.05, 3.63) is 82.6 Å². The first-order valence-electron chi connectivity index (χ1n) is 9.97. The predicted molar refractivity (Wildman–Crippen MR) is 123 cm³/mol. The van der Waals surface area contributed by atoms with E-state index in [9.17, 15) is 4.79 Å². The third-order valence-corrected chi connectivity index (χ3v) is 5.60. The van der Waals surface area contributed by atoms with Gasteiger partial charge in [0.05, 0.1) is 16.9 Å². The van der Waals surface area contributed by atoms with Crippen molar-refractivity contribution in [1.82, 2.24) is 14.8 Å². The molecule has 2 amide bonds. The number of rotatable bonds is 5. The molecule has 0 saturated carbocycles. The van der Waals surface area contributed by atoms with Gasteiger partial charge in [-0.3, -0.25) is 9.88 Å². The molecule has 0 spiro atoms. The topological polar surface area (TPSA) is 57.7 Å². The Morgan fingerprint density at radius 3 is 2.52 bits per heavy atom. The molecule has 8 heteroatoms. The van der Waals surface area contributed by atoms with E-state index < -0.39 is 0 Å². The molecule has 1 aromatic heterocycles. The van der Waals surface area contributed by atoms with E-state index in [2.05, 4.69) is 21.3 Å². The first-order chi connectivity index (χ1) is 15.1. The minimum atomic E-state index is -0.159. The van der Waals surface area contributed by atoms with Crippen LogP contribution in [0.15, 0.2) is 67.0 Å². The van der Waals surface area contributed by atoms with Crippen LogP contribution in [0.1, 0.15) is 5.56 Å². The van der Waals surface area contributed by atoms with E-state index in [-0.39, 0.29) is 6.03 Å². The predicted octanol–water partition coefficient (Wildman–Crippen LogP) is 5.53. The van der Waals surface area contributed by atoms with Gasteiger partial charge in [-0.05, 0) is 48.0 Å². The highest BCUT2D eigenvalue weighted by Crippen LogP contribution is 2.24. The van der Waals surface area contributed by atoms with Crippen LogP contribution in [0, 0.1) is 0 Å². The Labute approximate surface area is 191 Å². The first kappa shape index (κ1) is 21.4. The summed E-state index contributed by atoms with van der Waals surface area (Å²) in [6.45, 7) is 3.66. The van der Waals surface area contributed by atoms with Gasteiger partial charge in [-0.2, -0.15) is 0 Å². The van der Waals surface area contributed by atoms with E-state index in [4.69, 9.17) is 27.9 Å². The lowest BCUT2D eigenvalue weighted by atomic mass is 10.2. The molecule has 0 atom stereocenters. The van der Waals surface area contributed by atoms with Gasteiger partial charge in [0.15, 0.2) is 0 Å². The molecule has 0 aliphatic carbocycles. The molecule has 1 aliphatic rings. The molecule has 31 heavy (non-hydrogen) atoms. The number of nitrogens with zero attached hydrogens (tertiary/aromatic N) is 3. The van der Waals surface area contributed by atoms with Crippen LogP contribution < -0.4 is 10.1 Å². The number of carbonyl (C=O) groups excluding carboxylic acids is 1. The molecule has 0 radical (unpaired) electrons. The molecule has 1 fully saturated rings. The smallest absolute Gasteiger partial charge is 0.322 e. The van der Waals surface area contributed by atoms with Crippen LogP contribution in [0.2, 0.25) is 10.0 Å². The minimum Gasteiger partial charge on any atom is -0.457 e. The lowest BCUT2D eigenvalue weighted by Gasteiger charge is -2.34.